The first kappa shape index (κ1) is 23.2. The standard InChI is InChI=1S/C13H16N4O2.C10H11N3O/c1-9-11(8-16(2)13(18)19)15-17(12(9)14)10-6-4-3-5-7-10;1-7-9(11)13(12-10(7)14)8-5-3-2-4-6-8/h3-7H,8,14H2,1-2H3,(H,18,19);2-6H,11H2,1H3,(H,12,14). The SMILES string of the molecule is Cc1c(CN(C)C(=O)O)nn(-c2ccccc2)c1N.Cc1c(N)n(-c2ccccc2)[nH]c1=O. The van der Waals surface area contributed by atoms with E-state index in [2.05, 4.69) is 10.2 Å². The van der Waals surface area contributed by atoms with Crippen LogP contribution in [0.15, 0.2) is 65.5 Å². The minimum absolute atomic E-state index is 0.147. The second kappa shape index (κ2) is 9.77. The molecule has 10 nitrogen and oxygen atoms in total. The number of amides is 1. The first-order valence-corrected chi connectivity index (χ1v) is 10.2. The number of anilines is 2. The number of nitrogens with zero attached hydrogens (tertiary/aromatic N) is 4. The van der Waals surface area contributed by atoms with Crippen LogP contribution in [-0.4, -0.2) is 42.7 Å². The second-order valence-electron chi connectivity index (χ2n) is 7.47. The summed E-state index contributed by atoms with van der Waals surface area (Å²) in [4.78, 5) is 23.3. The molecule has 0 aliphatic carbocycles. The van der Waals surface area contributed by atoms with E-state index in [9.17, 15) is 9.59 Å². The molecular weight excluding hydrogens is 422 g/mol. The van der Waals surface area contributed by atoms with Gasteiger partial charge < -0.3 is 21.5 Å². The van der Waals surface area contributed by atoms with Gasteiger partial charge in [-0.15, -0.1) is 0 Å². The summed E-state index contributed by atoms with van der Waals surface area (Å²) in [7, 11) is 1.50. The van der Waals surface area contributed by atoms with Crippen LogP contribution in [0.2, 0.25) is 0 Å². The van der Waals surface area contributed by atoms with Crippen LogP contribution in [0, 0.1) is 13.8 Å². The van der Waals surface area contributed by atoms with Crippen molar-refractivity contribution >= 4 is 17.7 Å². The van der Waals surface area contributed by atoms with Crippen LogP contribution in [0.4, 0.5) is 16.4 Å². The lowest BCUT2D eigenvalue weighted by Gasteiger charge is -2.10. The Morgan fingerprint density at radius 2 is 1.52 bits per heavy atom. The van der Waals surface area contributed by atoms with Crippen molar-refractivity contribution < 1.29 is 9.90 Å². The summed E-state index contributed by atoms with van der Waals surface area (Å²) in [5.74, 6) is 0.987. The molecule has 0 radical (unpaired) electrons. The quantitative estimate of drug-likeness (QED) is 0.376. The van der Waals surface area contributed by atoms with Gasteiger partial charge in [0.2, 0.25) is 0 Å². The maximum Gasteiger partial charge on any atom is 0.407 e. The molecule has 10 heteroatoms. The van der Waals surface area contributed by atoms with Crippen molar-refractivity contribution in [1.29, 1.82) is 0 Å². The van der Waals surface area contributed by atoms with Gasteiger partial charge in [0.25, 0.3) is 5.56 Å². The minimum Gasteiger partial charge on any atom is -0.465 e. The molecule has 2 aromatic heterocycles. The van der Waals surface area contributed by atoms with Gasteiger partial charge in [0.15, 0.2) is 0 Å². The molecule has 172 valence electrons. The van der Waals surface area contributed by atoms with Crippen molar-refractivity contribution in [2.45, 2.75) is 20.4 Å². The van der Waals surface area contributed by atoms with Crippen LogP contribution in [0.25, 0.3) is 11.4 Å². The van der Waals surface area contributed by atoms with Gasteiger partial charge in [0.1, 0.15) is 11.6 Å². The molecular formula is C23H27N7O3. The molecule has 0 saturated heterocycles. The predicted octanol–water partition coefficient (Wildman–Crippen LogP) is 2.93. The number of carbonyl (C=O) groups is 1. The van der Waals surface area contributed by atoms with Crippen LogP contribution in [0.5, 0.6) is 0 Å². The van der Waals surface area contributed by atoms with Gasteiger partial charge in [0.05, 0.1) is 29.2 Å². The maximum atomic E-state index is 11.3. The number of nitrogens with one attached hydrogen (secondary N) is 1. The fourth-order valence-corrected chi connectivity index (χ4v) is 3.08. The maximum absolute atomic E-state index is 11.3. The van der Waals surface area contributed by atoms with Gasteiger partial charge in [-0.2, -0.15) is 5.10 Å². The number of nitrogen functional groups attached to an aromatic ring is 2. The molecule has 0 bridgehead atoms. The fraction of sp³-hybridized carbons (Fsp3) is 0.174. The molecule has 0 spiro atoms. The van der Waals surface area contributed by atoms with Gasteiger partial charge in [0, 0.05) is 12.6 Å². The molecule has 4 rings (SSSR count). The average Bonchev–Trinajstić information content (AvgIpc) is 3.25. The third-order valence-corrected chi connectivity index (χ3v) is 5.17. The molecule has 2 aromatic carbocycles. The number of nitrogens with two attached hydrogens (primary N) is 2. The van der Waals surface area contributed by atoms with Crippen LogP contribution < -0.4 is 17.0 Å². The molecule has 0 fully saturated rings. The van der Waals surface area contributed by atoms with Gasteiger partial charge in [-0.1, -0.05) is 36.4 Å². The zero-order valence-corrected chi connectivity index (χ0v) is 18.7. The number of aromatic amines is 1. The third kappa shape index (κ3) is 5.06. The summed E-state index contributed by atoms with van der Waals surface area (Å²) in [5, 5.41) is 15.9. The highest BCUT2D eigenvalue weighted by atomic mass is 16.4. The lowest BCUT2D eigenvalue weighted by molar-refractivity contribution is 0.153. The Kier molecular flexibility index (Phi) is 6.87. The summed E-state index contributed by atoms with van der Waals surface area (Å²) in [5.41, 5.74) is 15.4. The Balaban J connectivity index is 0.000000194. The van der Waals surface area contributed by atoms with Crippen LogP contribution in [-0.2, 0) is 6.54 Å². The van der Waals surface area contributed by atoms with Crippen LogP contribution in [0.3, 0.4) is 0 Å². The van der Waals surface area contributed by atoms with Gasteiger partial charge >= 0.3 is 6.09 Å². The molecule has 0 saturated carbocycles. The molecule has 2 heterocycles. The van der Waals surface area contributed by atoms with Crippen molar-refractivity contribution in [3.8, 4) is 11.4 Å². The number of benzene rings is 2. The Bertz CT molecular complexity index is 1290. The lowest BCUT2D eigenvalue weighted by atomic mass is 10.2. The van der Waals surface area contributed by atoms with E-state index >= 15 is 0 Å². The minimum atomic E-state index is -0.993. The lowest BCUT2D eigenvalue weighted by Crippen LogP contribution is -2.24. The topological polar surface area (TPSA) is 148 Å². The van der Waals surface area contributed by atoms with Crippen molar-refractivity contribution in [2.75, 3.05) is 18.5 Å². The number of hydrogen-bond acceptors (Lipinski definition) is 5. The van der Waals surface area contributed by atoms with E-state index < -0.39 is 6.09 Å². The van der Waals surface area contributed by atoms with E-state index in [1.807, 2.05) is 67.6 Å². The molecule has 6 N–H and O–H groups in total. The van der Waals surface area contributed by atoms with Crippen molar-refractivity contribution in [3.05, 3.63) is 87.8 Å². The Hall–Kier alpha value is -4.47. The van der Waals surface area contributed by atoms with E-state index in [1.165, 1.54) is 11.9 Å². The average molecular weight is 450 g/mol. The summed E-state index contributed by atoms with van der Waals surface area (Å²) in [6.45, 7) is 3.76. The van der Waals surface area contributed by atoms with Gasteiger partial charge in [-0.3, -0.25) is 9.89 Å². The van der Waals surface area contributed by atoms with Crippen molar-refractivity contribution in [1.82, 2.24) is 24.5 Å². The van der Waals surface area contributed by atoms with Crippen molar-refractivity contribution in [3.63, 3.8) is 0 Å². The summed E-state index contributed by atoms with van der Waals surface area (Å²) in [6, 6.07) is 19.0. The highest BCUT2D eigenvalue weighted by Crippen LogP contribution is 2.21. The Morgan fingerprint density at radius 1 is 0.970 bits per heavy atom. The van der Waals surface area contributed by atoms with Gasteiger partial charge in [-0.25, -0.2) is 14.2 Å². The van der Waals surface area contributed by atoms with Crippen LogP contribution >= 0.6 is 0 Å². The first-order chi connectivity index (χ1) is 15.7. The number of aromatic nitrogens is 4. The highest BCUT2D eigenvalue weighted by molar-refractivity contribution is 5.64. The number of carboxylic acid groups (broad SMARTS) is 1. The van der Waals surface area contributed by atoms with E-state index in [-0.39, 0.29) is 12.1 Å². The number of hydrogen-bond donors (Lipinski definition) is 4. The van der Waals surface area contributed by atoms with E-state index in [0.717, 1.165) is 16.9 Å². The normalized spacial score (nSPS) is 10.4. The zero-order valence-electron chi connectivity index (χ0n) is 18.7. The molecule has 0 aliphatic heterocycles. The third-order valence-electron chi connectivity index (χ3n) is 5.17. The van der Waals surface area contributed by atoms with E-state index in [4.69, 9.17) is 16.6 Å². The molecule has 0 atom stereocenters. The number of rotatable bonds is 4. The summed E-state index contributed by atoms with van der Waals surface area (Å²) in [6.07, 6.45) is -0.993. The Morgan fingerprint density at radius 3 is 2.00 bits per heavy atom. The van der Waals surface area contributed by atoms with E-state index in [1.54, 1.807) is 16.3 Å². The summed E-state index contributed by atoms with van der Waals surface area (Å²) >= 11 is 0. The molecule has 33 heavy (non-hydrogen) atoms. The number of H-pyrrole nitrogens is 1. The smallest absolute Gasteiger partial charge is 0.407 e. The zero-order chi connectivity index (χ0) is 24.1. The highest BCUT2D eigenvalue weighted by Gasteiger charge is 2.16. The van der Waals surface area contributed by atoms with Crippen LogP contribution in [0.1, 0.15) is 16.8 Å². The summed E-state index contributed by atoms with van der Waals surface area (Å²) < 4.78 is 3.21. The molecule has 0 unspecified atom stereocenters. The molecule has 1 amide bonds. The molecule has 0 aliphatic rings. The second-order valence-corrected chi connectivity index (χ2v) is 7.47. The van der Waals surface area contributed by atoms with E-state index in [0.29, 0.717) is 22.9 Å². The van der Waals surface area contributed by atoms with Gasteiger partial charge in [-0.05, 0) is 38.1 Å². The largest absolute Gasteiger partial charge is 0.465 e. The monoisotopic (exact) mass is 449 g/mol. The number of para-hydroxylation sites is 2. The van der Waals surface area contributed by atoms with Crippen molar-refractivity contribution in [2.24, 2.45) is 0 Å². The molecule has 4 aromatic rings. The predicted molar refractivity (Wildman–Crippen MR) is 128 cm³/mol. The fourth-order valence-electron chi connectivity index (χ4n) is 3.08. The Labute approximate surface area is 190 Å². The first-order valence-electron chi connectivity index (χ1n) is 10.2.